The Labute approximate surface area is 232 Å². The van der Waals surface area contributed by atoms with Crippen LogP contribution in [0.5, 0.6) is 11.5 Å². The highest BCUT2D eigenvalue weighted by Gasteiger charge is 2.36. The van der Waals surface area contributed by atoms with Crippen LogP contribution >= 0.6 is 34.4 Å². The average Bonchev–Trinajstić information content (AvgIpc) is 3.31. The lowest BCUT2D eigenvalue weighted by molar-refractivity contribution is -0.114. The summed E-state index contributed by atoms with van der Waals surface area (Å²) in [4.78, 5) is 17.1. The summed E-state index contributed by atoms with van der Waals surface area (Å²) in [6.45, 7) is 4.80. The van der Waals surface area contributed by atoms with Crippen LogP contribution < -0.4 is 9.47 Å². The largest absolute Gasteiger partial charge is 0.490 e. The van der Waals surface area contributed by atoms with Crippen molar-refractivity contribution in [1.82, 2.24) is 5.01 Å². The lowest BCUT2D eigenvalue weighted by Crippen LogP contribution is -2.35. The first-order valence-corrected chi connectivity index (χ1v) is 13.5. The lowest BCUT2D eigenvalue weighted by Gasteiger charge is -2.20. The maximum absolute atomic E-state index is 12.9. The molecule has 0 spiro atoms. The van der Waals surface area contributed by atoms with E-state index in [0.717, 1.165) is 20.3 Å². The van der Waals surface area contributed by atoms with Gasteiger partial charge in [0.15, 0.2) is 17.3 Å². The van der Waals surface area contributed by atoms with Crippen molar-refractivity contribution in [2.45, 2.75) is 20.5 Å². The van der Waals surface area contributed by atoms with Crippen LogP contribution in [0, 0.1) is 15.9 Å². The molecular weight excluding hydrogens is 599 g/mol. The first kappa shape index (κ1) is 25.2. The van der Waals surface area contributed by atoms with Crippen molar-refractivity contribution in [1.29, 1.82) is 5.41 Å². The van der Waals surface area contributed by atoms with E-state index in [-0.39, 0.29) is 11.4 Å². The van der Waals surface area contributed by atoms with E-state index in [4.69, 9.17) is 14.9 Å². The number of carbonyl (C=O) groups is 1. The third-order valence-electron chi connectivity index (χ3n) is 5.62. The zero-order valence-electron chi connectivity index (χ0n) is 20.2. The summed E-state index contributed by atoms with van der Waals surface area (Å²) in [6.07, 6.45) is 1.65. The fourth-order valence-electron chi connectivity index (χ4n) is 3.78. The van der Waals surface area contributed by atoms with Crippen LogP contribution in [0.2, 0.25) is 0 Å². The molecular formula is C28H23IN4O3S. The van der Waals surface area contributed by atoms with Crippen molar-refractivity contribution in [3.63, 3.8) is 0 Å². The molecule has 186 valence electrons. The van der Waals surface area contributed by atoms with Gasteiger partial charge in [-0.1, -0.05) is 60.2 Å². The van der Waals surface area contributed by atoms with Gasteiger partial charge < -0.3 is 9.47 Å². The Balaban J connectivity index is 1.43. The standard InChI is InChI=1S/C28H23IN4O3S/c1-3-35-23-15-19(14-22(29)24(23)36-16-18-7-5-4-6-8-18)13-21-25(30)33-28(31-26(21)34)37-27(32-33)20-11-9-17(2)10-12-20/h4-15,30H,3,16H2,1-2H3/b21-13-,30-25?. The van der Waals surface area contributed by atoms with Crippen molar-refractivity contribution >= 4 is 62.4 Å². The van der Waals surface area contributed by atoms with E-state index in [1.165, 1.54) is 16.8 Å². The van der Waals surface area contributed by atoms with Gasteiger partial charge in [-0.2, -0.15) is 15.1 Å². The van der Waals surface area contributed by atoms with Crippen LogP contribution in [0.25, 0.3) is 6.08 Å². The second kappa shape index (κ2) is 10.9. The van der Waals surface area contributed by atoms with Crippen LogP contribution in [0.4, 0.5) is 0 Å². The number of hydrogen-bond acceptors (Lipinski definition) is 6. The van der Waals surface area contributed by atoms with Crippen LogP contribution in [0.3, 0.4) is 0 Å². The predicted molar refractivity (Wildman–Crippen MR) is 156 cm³/mol. The number of amides is 1. The molecule has 0 radical (unpaired) electrons. The summed E-state index contributed by atoms with van der Waals surface area (Å²) < 4.78 is 12.8. The fourth-order valence-corrected chi connectivity index (χ4v) is 5.45. The molecule has 7 nitrogen and oxygen atoms in total. The molecule has 9 heteroatoms. The number of hydrogen-bond donors (Lipinski definition) is 1. The average molecular weight is 622 g/mol. The van der Waals surface area contributed by atoms with E-state index in [0.29, 0.717) is 40.5 Å². The molecule has 0 aliphatic carbocycles. The van der Waals surface area contributed by atoms with Crippen molar-refractivity contribution in [3.8, 4) is 11.5 Å². The lowest BCUT2D eigenvalue weighted by atomic mass is 10.1. The van der Waals surface area contributed by atoms with Gasteiger partial charge in [-0.05, 0) is 77.5 Å². The molecule has 1 N–H and O–H groups in total. The van der Waals surface area contributed by atoms with Crippen LogP contribution in [-0.4, -0.2) is 33.6 Å². The number of amidine groups is 2. The van der Waals surface area contributed by atoms with Gasteiger partial charge in [0, 0.05) is 5.56 Å². The smallest absolute Gasteiger partial charge is 0.283 e. The number of aryl methyl sites for hydroxylation is 1. The minimum Gasteiger partial charge on any atom is -0.490 e. The molecule has 37 heavy (non-hydrogen) atoms. The zero-order chi connectivity index (χ0) is 25.9. The normalized spacial score (nSPS) is 16.0. The highest BCUT2D eigenvalue weighted by molar-refractivity contribution is 14.1. The molecule has 5 rings (SSSR count). The number of rotatable bonds is 7. The topological polar surface area (TPSA) is 87.3 Å². The summed E-state index contributed by atoms with van der Waals surface area (Å²) in [7, 11) is 0. The number of nitrogens with zero attached hydrogens (tertiary/aromatic N) is 3. The van der Waals surface area contributed by atoms with Gasteiger partial charge in [-0.15, -0.1) is 0 Å². The molecule has 3 aromatic carbocycles. The molecule has 0 aromatic heterocycles. The maximum atomic E-state index is 12.9. The number of halogens is 1. The minimum absolute atomic E-state index is 0.0121. The van der Waals surface area contributed by atoms with Gasteiger partial charge in [-0.25, -0.2) is 0 Å². The molecule has 1 amide bonds. The summed E-state index contributed by atoms with van der Waals surface area (Å²) >= 11 is 3.48. The second-order valence-electron chi connectivity index (χ2n) is 8.33. The van der Waals surface area contributed by atoms with Crippen molar-refractivity contribution in [3.05, 3.63) is 98.1 Å². The molecule has 2 aliphatic rings. The quantitative estimate of drug-likeness (QED) is 0.249. The monoisotopic (exact) mass is 622 g/mol. The number of ether oxygens (including phenoxy) is 2. The number of nitrogens with one attached hydrogen (secondary N) is 1. The van der Waals surface area contributed by atoms with E-state index in [1.807, 2.05) is 80.6 Å². The Kier molecular flexibility index (Phi) is 7.43. The Morgan fingerprint density at radius 3 is 2.57 bits per heavy atom. The van der Waals surface area contributed by atoms with Gasteiger partial charge in [0.1, 0.15) is 11.7 Å². The summed E-state index contributed by atoms with van der Waals surface area (Å²) in [5.41, 5.74) is 3.99. The highest BCUT2D eigenvalue weighted by atomic mass is 127. The molecule has 0 bridgehead atoms. The molecule has 2 heterocycles. The first-order chi connectivity index (χ1) is 17.9. The Hall–Kier alpha value is -3.44. The van der Waals surface area contributed by atoms with Crippen LogP contribution in [-0.2, 0) is 11.4 Å². The fraction of sp³-hybridized carbons (Fsp3) is 0.143. The van der Waals surface area contributed by atoms with Crippen LogP contribution in [0.1, 0.15) is 29.2 Å². The highest BCUT2D eigenvalue weighted by Crippen LogP contribution is 2.36. The van der Waals surface area contributed by atoms with Gasteiger partial charge in [0.25, 0.3) is 5.91 Å². The number of benzene rings is 3. The van der Waals surface area contributed by atoms with E-state index in [9.17, 15) is 4.79 Å². The van der Waals surface area contributed by atoms with Gasteiger partial charge >= 0.3 is 0 Å². The first-order valence-electron chi connectivity index (χ1n) is 11.6. The number of thioether (sulfide) groups is 1. The molecule has 3 aromatic rings. The Morgan fingerprint density at radius 1 is 1.08 bits per heavy atom. The third kappa shape index (κ3) is 5.47. The van der Waals surface area contributed by atoms with E-state index < -0.39 is 5.91 Å². The van der Waals surface area contributed by atoms with Crippen molar-refractivity contribution < 1.29 is 14.3 Å². The minimum atomic E-state index is -0.471. The molecule has 2 aliphatic heterocycles. The van der Waals surface area contributed by atoms with E-state index in [2.05, 4.69) is 32.7 Å². The SMILES string of the molecule is CCOc1cc(/C=C2/C(=N)N3N=C(c4ccc(C)cc4)SC3=NC2=O)cc(I)c1OCc1ccccc1. The van der Waals surface area contributed by atoms with Crippen LogP contribution in [0.15, 0.2) is 82.4 Å². The number of aliphatic imine (C=N–C) groups is 1. The molecule has 0 saturated heterocycles. The number of hydrazone groups is 1. The summed E-state index contributed by atoms with van der Waals surface area (Å²) in [5, 5.41) is 15.8. The van der Waals surface area contributed by atoms with Gasteiger partial charge in [0.05, 0.1) is 15.8 Å². The van der Waals surface area contributed by atoms with Crippen molar-refractivity contribution in [2.75, 3.05) is 6.61 Å². The zero-order valence-corrected chi connectivity index (χ0v) is 23.2. The van der Waals surface area contributed by atoms with Gasteiger partial charge in [-0.3, -0.25) is 10.2 Å². The number of carbonyl (C=O) groups excluding carboxylic acids is 1. The number of fused-ring (bicyclic) bond motifs is 1. The summed E-state index contributed by atoms with van der Waals surface area (Å²) in [5.74, 6) is 0.734. The van der Waals surface area contributed by atoms with E-state index in [1.54, 1.807) is 6.08 Å². The molecule has 0 fully saturated rings. The molecule has 0 atom stereocenters. The Bertz CT molecular complexity index is 1470. The Morgan fingerprint density at radius 2 is 1.84 bits per heavy atom. The molecule has 0 unspecified atom stereocenters. The summed E-state index contributed by atoms with van der Waals surface area (Å²) in [6, 6.07) is 21.6. The maximum Gasteiger partial charge on any atom is 0.283 e. The predicted octanol–water partition coefficient (Wildman–Crippen LogP) is 6.24. The van der Waals surface area contributed by atoms with Gasteiger partial charge in [0.2, 0.25) is 5.17 Å². The van der Waals surface area contributed by atoms with Crippen molar-refractivity contribution in [2.24, 2.45) is 10.1 Å². The van der Waals surface area contributed by atoms with E-state index >= 15 is 0 Å². The second-order valence-corrected chi connectivity index (χ2v) is 10.4. The molecule has 0 saturated carbocycles. The third-order valence-corrected chi connectivity index (χ3v) is 7.38.